The van der Waals surface area contributed by atoms with Gasteiger partial charge in [0, 0.05) is 24.6 Å². The number of rotatable bonds is 7. The molecule has 24 heavy (non-hydrogen) atoms. The number of anilines is 2. The van der Waals surface area contributed by atoms with E-state index >= 15 is 0 Å². The Labute approximate surface area is 147 Å². The Morgan fingerprint density at radius 3 is 2.46 bits per heavy atom. The average Bonchev–Trinajstić information content (AvgIpc) is 2.56. The van der Waals surface area contributed by atoms with Crippen LogP contribution in [0.15, 0.2) is 47.6 Å². The molecular formula is C15H19N5O2S2. The summed E-state index contributed by atoms with van der Waals surface area (Å²) in [5.41, 5.74) is 0.707. The van der Waals surface area contributed by atoms with E-state index in [-0.39, 0.29) is 10.8 Å². The number of unbranched alkanes of at least 4 members (excludes halogenated alkanes) is 1. The molecule has 0 bridgehead atoms. The maximum absolute atomic E-state index is 12.3. The molecule has 2 rings (SSSR count). The van der Waals surface area contributed by atoms with E-state index in [1.54, 1.807) is 18.2 Å². The summed E-state index contributed by atoms with van der Waals surface area (Å²) < 4.78 is 26.8. The Kier molecular flexibility index (Phi) is 6.44. The largest absolute Gasteiger partial charge is 0.362 e. The van der Waals surface area contributed by atoms with Crippen molar-refractivity contribution in [3.8, 4) is 0 Å². The molecule has 0 radical (unpaired) electrons. The predicted molar refractivity (Wildman–Crippen MR) is 98.4 cm³/mol. The molecule has 9 heteroatoms. The fourth-order valence-corrected chi connectivity index (χ4v) is 2.98. The van der Waals surface area contributed by atoms with E-state index in [4.69, 9.17) is 12.2 Å². The van der Waals surface area contributed by atoms with Crippen molar-refractivity contribution in [2.24, 2.45) is 0 Å². The van der Waals surface area contributed by atoms with E-state index < -0.39 is 10.0 Å². The lowest BCUT2D eigenvalue weighted by Gasteiger charge is -2.11. The third-order valence-corrected chi connectivity index (χ3v) is 4.62. The van der Waals surface area contributed by atoms with Gasteiger partial charge in [-0.05, 0) is 49.0 Å². The van der Waals surface area contributed by atoms with Gasteiger partial charge in [0.1, 0.15) is 0 Å². The van der Waals surface area contributed by atoms with Crippen LogP contribution in [0.2, 0.25) is 0 Å². The summed E-state index contributed by atoms with van der Waals surface area (Å²) >= 11 is 5.17. The molecule has 2 aromatic rings. The predicted octanol–water partition coefficient (Wildman–Crippen LogP) is 2.36. The molecule has 128 valence electrons. The molecule has 0 saturated carbocycles. The summed E-state index contributed by atoms with van der Waals surface area (Å²) in [4.78, 5) is 7.80. The van der Waals surface area contributed by atoms with Crippen molar-refractivity contribution in [1.82, 2.24) is 15.3 Å². The molecular weight excluding hydrogens is 346 g/mol. The molecule has 1 aromatic carbocycles. The maximum atomic E-state index is 12.3. The lowest BCUT2D eigenvalue weighted by atomic mass is 10.3. The summed E-state index contributed by atoms with van der Waals surface area (Å²) in [6, 6.07) is 7.88. The van der Waals surface area contributed by atoms with Gasteiger partial charge in [-0.3, -0.25) is 0 Å². The molecule has 0 aliphatic rings. The normalized spacial score (nSPS) is 10.9. The first-order chi connectivity index (χ1) is 11.5. The van der Waals surface area contributed by atoms with Crippen LogP contribution >= 0.6 is 12.2 Å². The number of thiocarbonyl (C=S) groups is 1. The highest BCUT2D eigenvalue weighted by molar-refractivity contribution is 7.92. The van der Waals surface area contributed by atoms with Gasteiger partial charge < -0.3 is 10.6 Å². The molecule has 7 nitrogen and oxygen atoms in total. The summed E-state index contributed by atoms with van der Waals surface area (Å²) in [5.74, 6) is 0.0287. The first-order valence-corrected chi connectivity index (χ1v) is 9.35. The fourth-order valence-electron chi connectivity index (χ4n) is 1.80. The summed E-state index contributed by atoms with van der Waals surface area (Å²) in [6.45, 7) is 2.90. The van der Waals surface area contributed by atoms with Gasteiger partial charge in [-0.15, -0.1) is 0 Å². The van der Waals surface area contributed by atoms with E-state index in [1.165, 1.54) is 24.5 Å². The standard InChI is InChI=1S/C15H19N5O2S2/c1-2-3-9-18-15(23)19-12-5-7-13(8-6-12)24(21,22)20-14-16-10-4-11-17-14/h4-8,10-11H,2-3,9H2,1H3,(H,16,17,20)(H2,18,19,23). The van der Waals surface area contributed by atoms with Crippen molar-refractivity contribution >= 4 is 39.0 Å². The number of hydrogen-bond donors (Lipinski definition) is 3. The highest BCUT2D eigenvalue weighted by atomic mass is 32.2. The fraction of sp³-hybridized carbons (Fsp3) is 0.267. The van der Waals surface area contributed by atoms with Crippen molar-refractivity contribution in [3.63, 3.8) is 0 Å². The van der Waals surface area contributed by atoms with E-state index in [0.29, 0.717) is 10.8 Å². The first-order valence-electron chi connectivity index (χ1n) is 7.46. The zero-order valence-corrected chi connectivity index (χ0v) is 14.8. The summed E-state index contributed by atoms with van der Waals surface area (Å²) in [6.07, 6.45) is 5.04. The minimum atomic E-state index is -3.73. The molecule has 0 amide bonds. The number of sulfonamides is 1. The maximum Gasteiger partial charge on any atom is 0.264 e. The highest BCUT2D eigenvalue weighted by Crippen LogP contribution is 2.16. The van der Waals surface area contributed by atoms with Crippen LogP contribution < -0.4 is 15.4 Å². The van der Waals surface area contributed by atoms with Gasteiger partial charge in [0.25, 0.3) is 10.0 Å². The summed E-state index contributed by atoms with van der Waals surface area (Å²) in [7, 11) is -3.73. The molecule has 1 heterocycles. The molecule has 0 saturated heterocycles. The highest BCUT2D eigenvalue weighted by Gasteiger charge is 2.15. The van der Waals surface area contributed by atoms with Gasteiger partial charge in [-0.25, -0.2) is 23.1 Å². The van der Waals surface area contributed by atoms with E-state index in [9.17, 15) is 8.42 Å². The number of aromatic nitrogens is 2. The van der Waals surface area contributed by atoms with Crippen LogP contribution in [0.4, 0.5) is 11.6 Å². The van der Waals surface area contributed by atoms with Gasteiger partial charge in [-0.1, -0.05) is 13.3 Å². The molecule has 1 aromatic heterocycles. The zero-order chi connectivity index (χ0) is 17.4. The van der Waals surface area contributed by atoms with Crippen LogP contribution in [-0.4, -0.2) is 30.0 Å². The second kappa shape index (κ2) is 8.55. The zero-order valence-electron chi connectivity index (χ0n) is 13.2. The molecule has 0 aliphatic heterocycles. The van der Waals surface area contributed by atoms with Gasteiger partial charge in [0.05, 0.1) is 4.90 Å². The van der Waals surface area contributed by atoms with Crippen LogP contribution in [0.1, 0.15) is 19.8 Å². The third-order valence-electron chi connectivity index (χ3n) is 3.03. The minimum absolute atomic E-state index is 0.0287. The van der Waals surface area contributed by atoms with E-state index in [0.717, 1.165) is 19.4 Å². The molecule has 0 spiro atoms. The van der Waals surface area contributed by atoms with Crippen molar-refractivity contribution in [2.45, 2.75) is 24.7 Å². The quantitative estimate of drug-likeness (QED) is 0.512. The van der Waals surface area contributed by atoms with Crippen LogP contribution in [0.3, 0.4) is 0 Å². The second-order valence-corrected chi connectivity index (χ2v) is 7.03. The number of hydrogen-bond acceptors (Lipinski definition) is 5. The smallest absolute Gasteiger partial charge is 0.264 e. The molecule has 0 unspecified atom stereocenters. The van der Waals surface area contributed by atoms with Crippen molar-refractivity contribution in [1.29, 1.82) is 0 Å². The lowest BCUT2D eigenvalue weighted by molar-refractivity contribution is 0.601. The van der Waals surface area contributed by atoms with E-state index in [2.05, 4.69) is 32.2 Å². The average molecular weight is 365 g/mol. The van der Waals surface area contributed by atoms with Crippen molar-refractivity contribution in [2.75, 3.05) is 16.6 Å². The Hall–Kier alpha value is -2.26. The molecule has 0 atom stereocenters. The van der Waals surface area contributed by atoms with Gasteiger partial charge in [0.15, 0.2) is 5.11 Å². The SMILES string of the molecule is CCCCNC(=S)Nc1ccc(S(=O)(=O)Nc2ncccn2)cc1. The first kappa shape index (κ1) is 18.1. The van der Waals surface area contributed by atoms with Crippen LogP contribution in [-0.2, 0) is 10.0 Å². The topological polar surface area (TPSA) is 96.0 Å². The molecule has 0 aliphatic carbocycles. The van der Waals surface area contributed by atoms with Crippen molar-refractivity contribution < 1.29 is 8.42 Å². The number of nitrogens with zero attached hydrogens (tertiary/aromatic N) is 2. The Balaban J connectivity index is 1.99. The minimum Gasteiger partial charge on any atom is -0.362 e. The van der Waals surface area contributed by atoms with Crippen molar-refractivity contribution in [3.05, 3.63) is 42.7 Å². The summed E-state index contributed by atoms with van der Waals surface area (Å²) in [5, 5.41) is 6.60. The van der Waals surface area contributed by atoms with Crippen LogP contribution in [0.5, 0.6) is 0 Å². The van der Waals surface area contributed by atoms with Gasteiger partial charge in [0.2, 0.25) is 5.95 Å². The Morgan fingerprint density at radius 2 is 1.83 bits per heavy atom. The number of benzene rings is 1. The molecule has 3 N–H and O–H groups in total. The Bertz CT molecular complexity index is 764. The third kappa shape index (κ3) is 5.43. The van der Waals surface area contributed by atoms with Crippen LogP contribution in [0, 0.1) is 0 Å². The monoisotopic (exact) mass is 365 g/mol. The second-order valence-electron chi connectivity index (χ2n) is 4.94. The van der Waals surface area contributed by atoms with Gasteiger partial charge in [-0.2, -0.15) is 0 Å². The number of nitrogens with one attached hydrogen (secondary N) is 3. The van der Waals surface area contributed by atoms with Gasteiger partial charge >= 0.3 is 0 Å². The van der Waals surface area contributed by atoms with E-state index in [1.807, 2.05) is 0 Å². The lowest BCUT2D eigenvalue weighted by Crippen LogP contribution is -2.29. The molecule has 0 fully saturated rings. The van der Waals surface area contributed by atoms with Crippen LogP contribution in [0.25, 0.3) is 0 Å². The Morgan fingerprint density at radius 1 is 1.17 bits per heavy atom.